The van der Waals surface area contributed by atoms with Gasteiger partial charge in [0.1, 0.15) is 17.5 Å². The van der Waals surface area contributed by atoms with Crippen LogP contribution in [0.2, 0.25) is 0 Å². The molecule has 0 spiro atoms. The number of aromatic nitrogens is 1. The van der Waals surface area contributed by atoms with Crippen LogP contribution in [-0.4, -0.2) is 10.7 Å². The Labute approximate surface area is 137 Å². The van der Waals surface area contributed by atoms with E-state index in [2.05, 4.69) is 10.3 Å². The molecule has 0 saturated heterocycles. The Balaban J connectivity index is 2.05. The summed E-state index contributed by atoms with van der Waals surface area (Å²) in [4.78, 5) is 19.6. The van der Waals surface area contributed by atoms with Gasteiger partial charge in [-0.1, -0.05) is 42.5 Å². The minimum absolute atomic E-state index is 0.0603. The molecule has 1 aromatic heterocycles. The number of H-pyrrole nitrogens is 1. The summed E-state index contributed by atoms with van der Waals surface area (Å²) in [5, 5.41) is 12.4. The highest BCUT2D eigenvalue weighted by Crippen LogP contribution is 2.34. The van der Waals surface area contributed by atoms with E-state index in [1.165, 1.54) is 0 Å². The van der Waals surface area contributed by atoms with Gasteiger partial charge >= 0.3 is 0 Å². The Morgan fingerprint density at radius 1 is 1.00 bits per heavy atom. The lowest BCUT2D eigenvalue weighted by atomic mass is 10.0. The minimum atomic E-state index is -0.421. The second kappa shape index (κ2) is 5.52. The summed E-state index contributed by atoms with van der Waals surface area (Å²) in [6.07, 6.45) is 0. The molecule has 1 aliphatic rings. The maximum atomic E-state index is 12.0. The van der Waals surface area contributed by atoms with Crippen molar-refractivity contribution in [1.29, 1.82) is 5.26 Å². The molecule has 2 heterocycles. The summed E-state index contributed by atoms with van der Waals surface area (Å²) in [5.41, 5.74) is 3.51. The zero-order chi connectivity index (χ0) is 16.5. The van der Waals surface area contributed by atoms with Crippen molar-refractivity contribution in [3.63, 3.8) is 0 Å². The third-order valence-corrected chi connectivity index (χ3v) is 3.86. The van der Waals surface area contributed by atoms with Gasteiger partial charge in [0, 0.05) is 11.1 Å². The van der Waals surface area contributed by atoms with Crippen molar-refractivity contribution in [2.24, 2.45) is 4.99 Å². The topological polar surface area (TPSA) is 81.0 Å². The van der Waals surface area contributed by atoms with Crippen LogP contribution in [-0.2, 0) is 0 Å². The van der Waals surface area contributed by atoms with Crippen LogP contribution in [0, 0.1) is 11.3 Å². The smallest absolute Gasteiger partial charge is 0.267 e. The van der Waals surface area contributed by atoms with E-state index in [0.717, 1.165) is 16.9 Å². The number of aromatic amines is 1. The SMILES string of the molecule is N#Cc1cc2c([nH]c1=O)Nc1ccccc1N=C2c1ccccc1. The molecular formula is C19H12N4O. The fourth-order valence-electron chi connectivity index (χ4n) is 2.71. The first-order valence-corrected chi connectivity index (χ1v) is 7.44. The van der Waals surface area contributed by atoms with Gasteiger partial charge < -0.3 is 10.3 Å². The summed E-state index contributed by atoms with van der Waals surface area (Å²) >= 11 is 0. The van der Waals surface area contributed by atoms with E-state index in [-0.39, 0.29) is 5.56 Å². The number of fused-ring (bicyclic) bond motifs is 2. The molecule has 5 heteroatoms. The average Bonchev–Trinajstić information content (AvgIpc) is 2.78. The van der Waals surface area contributed by atoms with Crippen molar-refractivity contribution in [2.75, 3.05) is 5.32 Å². The van der Waals surface area contributed by atoms with Crippen LogP contribution in [0.25, 0.3) is 0 Å². The number of benzene rings is 2. The lowest BCUT2D eigenvalue weighted by Gasteiger charge is -2.10. The third-order valence-electron chi connectivity index (χ3n) is 3.86. The maximum absolute atomic E-state index is 12.0. The Morgan fingerprint density at radius 3 is 2.54 bits per heavy atom. The number of nitrogens with one attached hydrogen (secondary N) is 2. The fourth-order valence-corrected chi connectivity index (χ4v) is 2.71. The maximum Gasteiger partial charge on any atom is 0.267 e. The number of hydrogen-bond acceptors (Lipinski definition) is 4. The van der Waals surface area contributed by atoms with Crippen LogP contribution in [0.1, 0.15) is 16.7 Å². The summed E-state index contributed by atoms with van der Waals surface area (Å²) in [6.45, 7) is 0. The lowest BCUT2D eigenvalue weighted by Crippen LogP contribution is -2.16. The van der Waals surface area contributed by atoms with Crippen molar-refractivity contribution in [1.82, 2.24) is 4.98 Å². The van der Waals surface area contributed by atoms with Crippen LogP contribution >= 0.6 is 0 Å². The first kappa shape index (κ1) is 14.0. The zero-order valence-electron chi connectivity index (χ0n) is 12.6. The quantitative estimate of drug-likeness (QED) is 0.564. The monoisotopic (exact) mass is 312 g/mol. The molecule has 2 aromatic carbocycles. The molecule has 0 saturated carbocycles. The van der Waals surface area contributed by atoms with E-state index in [1.807, 2.05) is 60.7 Å². The van der Waals surface area contributed by atoms with Crippen molar-refractivity contribution < 1.29 is 0 Å². The molecule has 3 aromatic rings. The first-order valence-electron chi connectivity index (χ1n) is 7.44. The number of nitriles is 1. The van der Waals surface area contributed by atoms with E-state index in [4.69, 9.17) is 4.99 Å². The van der Waals surface area contributed by atoms with Gasteiger partial charge in [0.15, 0.2) is 0 Å². The van der Waals surface area contributed by atoms with Gasteiger partial charge in [-0.2, -0.15) is 5.26 Å². The molecule has 24 heavy (non-hydrogen) atoms. The molecule has 114 valence electrons. The second-order valence-electron chi connectivity index (χ2n) is 5.38. The molecule has 0 amide bonds. The molecule has 0 bridgehead atoms. The molecule has 4 rings (SSSR count). The van der Waals surface area contributed by atoms with Crippen LogP contribution < -0.4 is 10.9 Å². The highest BCUT2D eigenvalue weighted by Gasteiger charge is 2.20. The third kappa shape index (κ3) is 2.27. The molecule has 0 aliphatic carbocycles. The Hall–Kier alpha value is -3.65. The van der Waals surface area contributed by atoms with Crippen LogP contribution in [0.3, 0.4) is 0 Å². The molecule has 0 unspecified atom stereocenters. The molecule has 5 nitrogen and oxygen atoms in total. The van der Waals surface area contributed by atoms with E-state index in [1.54, 1.807) is 6.07 Å². The summed E-state index contributed by atoms with van der Waals surface area (Å²) in [7, 11) is 0. The van der Waals surface area contributed by atoms with Gasteiger partial charge in [0.25, 0.3) is 5.56 Å². The summed E-state index contributed by atoms with van der Waals surface area (Å²) in [5.74, 6) is 0.534. The van der Waals surface area contributed by atoms with Crippen LogP contribution in [0.4, 0.5) is 17.2 Å². The second-order valence-corrected chi connectivity index (χ2v) is 5.38. The van der Waals surface area contributed by atoms with E-state index < -0.39 is 5.56 Å². The van der Waals surface area contributed by atoms with Crippen molar-refractivity contribution >= 4 is 22.9 Å². The summed E-state index contributed by atoms with van der Waals surface area (Å²) < 4.78 is 0. The Bertz CT molecular complexity index is 1060. The van der Waals surface area contributed by atoms with Gasteiger partial charge in [0.05, 0.1) is 17.1 Å². The largest absolute Gasteiger partial charge is 0.339 e. The van der Waals surface area contributed by atoms with Gasteiger partial charge in [0.2, 0.25) is 0 Å². The minimum Gasteiger partial charge on any atom is -0.339 e. The van der Waals surface area contributed by atoms with Gasteiger partial charge in [-0.3, -0.25) is 4.79 Å². The normalized spacial score (nSPS) is 12.0. The van der Waals surface area contributed by atoms with Gasteiger partial charge in [-0.05, 0) is 18.2 Å². The molecule has 0 atom stereocenters. The van der Waals surface area contributed by atoms with Crippen molar-refractivity contribution in [3.8, 4) is 6.07 Å². The molecule has 1 aliphatic heterocycles. The van der Waals surface area contributed by atoms with E-state index >= 15 is 0 Å². The Morgan fingerprint density at radius 2 is 1.75 bits per heavy atom. The van der Waals surface area contributed by atoms with Crippen LogP contribution in [0.5, 0.6) is 0 Å². The number of nitrogens with zero attached hydrogens (tertiary/aromatic N) is 2. The number of para-hydroxylation sites is 2. The number of anilines is 2. The molecule has 2 N–H and O–H groups in total. The molecule has 0 fully saturated rings. The number of rotatable bonds is 1. The van der Waals surface area contributed by atoms with E-state index in [0.29, 0.717) is 17.1 Å². The zero-order valence-corrected chi connectivity index (χ0v) is 12.6. The Kier molecular flexibility index (Phi) is 3.22. The summed E-state index contributed by atoms with van der Waals surface area (Å²) in [6, 6.07) is 20.8. The van der Waals surface area contributed by atoms with Crippen molar-refractivity contribution in [3.05, 3.63) is 87.7 Å². The standard InChI is InChI=1S/C19H12N4O/c20-11-13-10-14-17(12-6-2-1-3-7-12)21-15-8-4-5-9-16(15)22-18(14)23-19(13)24/h1-10H,(H2,22,23,24). The first-order chi connectivity index (χ1) is 11.8. The highest BCUT2D eigenvalue weighted by molar-refractivity contribution is 6.18. The van der Waals surface area contributed by atoms with Crippen LogP contribution in [0.15, 0.2) is 70.5 Å². The fraction of sp³-hybridized carbons (Fsp3) is 0. The number of aliphatic imine (C=N–C) groups is 1. The molecule has 0 radical (unpaired) electrons. The number of hydrogen-bond donors (Lipinski definition) is 2. The average molecular weight is 312 g/mol. The van der Waals surface area contributed by atoms with Gasteiger partial charge in [-0.25, -0.2) is 4.99 Å². The van der Waals surface area contributed by atoms with Crippen molar-refractivity contribution in [2.45, 2.75) is 0 Å². The van der Waals surface area contributed by atoms with Gasteiger partial charge in [-0.15, -0.1) is 0 Å². The number of pyridine rings is 1. The predicted molar refractivity (Wildman–Crippen MR) is 93.2 cm³/mol. The van der Waals surface area contributed by atoms with E-state index in [9.17, 15) is 10.1 Å². The predicted octanol–water partition coefficient (Wildman–Crippen LogP) is 3.47. The highest BCUT2D eigenvalue weighted by atomic mass is 16.1. The molecular weight excluding hydrogens is 300 g/mol. The lowest BCUT2D eigenvalue weighted by molar-refractivity contribution is 1.20.